The van der Waals surface area contributed by atoms with Gasteiger partial charge in [0.05, 0.1) is 17.2 Å². The Labute approximate surface area is 107 Å². The van der Waals surface area contributed by atoms with Crippen molar-refractivity contribution >= 4 is 0 Å². The second-order valence-electron chi connectivity index (χ2n) is 3.92. The monoisotopic (exact) mass is 263 g/mol. The van der Waals surface area contributed by atoms with Gasteiger partial charge in [0.2, 0.25) is 0 Å². The summed E-state index contributed by atoms with van der Waals surface area (Å²) in [6.45, 7) is 0. The molecule has 2 rings (SSSR count). The Bertz CT molecular complexity index is 656. The van der Waals surface area contributed by atoms with Gasteiger partial charge in [-0.1, -0.05) is 18.2 Å². The molecule has 0 saturated carbocycles. The highest BCUT2D eigenvalue weighted by Crippen LogP contribution is 2.37. The molecular formula is C14H8F3NO. The molecule has 0 fully saturated rings. The molecule has 0 heterocycles. The highest BCUT2D eigenvalue weighted by Gasteiger charge is 2.33. The van der Waals surface area contributed by atoms with Crippen molar-refractivity contribution in [2.75, 3.05) is 0 Å². The van der Waals surface area contributed by atoms with Crippen molar-refractivity contribution in [1.82, 2.24) is 0 Å². The van der Waals surface area contributed by atoms with Crippen LogP contribution in [0.15, 0.2) is 42.5 Å². The van der Waals surface area contributed by atoms with E-state index in [0.29, 0.717) is 0 Å². The van der Waals surface area contributed by atoms with Crippen molar-refractivity contribution in [3.05, 3.63) is 53.6 Å². The molecule has 0 radical (unpaired) electrons. The first-order chi connectivity index (χ1) is 8.91. The van der Waals surface area contributed by atoms with Crippen LogP contribution in [0.1, 0.15) is 11.1 Å². The van der Waals surface area contributed by atoms with Crippen LogP contribution in [0.5, 0.6) is 5.75 Å². The Hall–Kier alpha value is -2.48. The van der Waals surface area contributed by atoms with Gasteiger partial charge in [-0.15, -0.1) is 0 Å². The van der Waals surface area contributed by atoms with Crippen LogP contribution in [0, 0.1) is 11.3 Å². The maximum atomic E-state index is 12.9. The number of benzene rings is 2. The lowest BCUT2D eigenvalue weighted by Crippen LogP contribution is -2.06. The molecule has 0 aliphatic heterocycles. The summed E-state index contributed by atoms with van der Waals surface area (Å²) < 4.78 is 38.7. The number of phenolic OH excluding ortho intramolecular Hbond substituents is 1. The molecule has 0 saturated heterocycles. The van der Waals surface area contributed by atoms with Crippen molar-refractivity contribution in [2.24, 2.45) is 0 Å². The number of halogens is 3. The predicted octanol–water partition coefficient (Wildman–Crippen LogP) is 3.95. The SMILES string of the molecule is N#Cc1cc(O)cc(-c2ccccc2C(F)(F)F)c1. The normalized spacial score (nSPS) is 11.1. The minimum Gasteiger partial charge on any atom is -0.508 e. The summed E-state index contributed by atoms with van der Waals surface area (Å²) in [5.74, 6) is -0.244. The van der Waals surface area contributed by atoms with Crippen LogP contribution in [0.2, 0.25) is 0 Å². The number of phenols is 1. The number of hydrogen-bond acceptors (Lipinski definition) is 2. The van der Waals surface area contributed by atoms with Crippen LogP contribution < -0.4 is 0 Å². The van der Waals surface area contributed by atoms with Crippen LogP contribution in [-0.4, -0.2) is 5.11 Å². The highest BCUT2D eigenvalue weighted by atomic mass is 19.4. The standard InChI is InChI=1S/C14H8F3NO/c15-14(16,17)13-4-2-1-3-12(13)10-5-9(8-18)6-11(19)7-10/h1-7,19H. The average molecular weight is 263 g/mol. The Balaban J connectivity index is 2.67. The lowest BCUT2D eigenvalue weighted by atomic mass is 9.97. The molecule has 0 unspecified atom stereocenters. The molecule has 0 amide bonds. The minimum atomic E-state index is -4.49. The van der Waals surface area contributed by atoms with Crippen molar-refractivity contribution in [1.29, 1.82) is 5.26 Å². The summed E-state index contributed by atoms with van der Waals surface area (Å²) in [5.41, 5.74) is -0.608. The summed E-state index contributed by atoms with van der Waals surface area (Å²) in [4.78, 5) is 0. The molecule has 0 aliphatic carbocycles. The van der Waals surface area contributed by atoms with Gasteiger partial charge in [-0.2, -0.15) is 18.4 Å². The Morgan fingerprint density at radius 1 is 1.05 bits per heavy atom. The molecule has 2 aromatic carbocycles. The molecule has 1 N–H and O–H groups in total. The van der Waals surface area contributed by atoms with Crippen LogP contribution in [0.25, 0.3) is 11.1 Å². The summed E-state index contributed by atoms with van der Waals surface area (Å²) in [6, 6.07) is 10.5. The van der Waals surface area contributed by atoms with Gasteiger partial charge in [0, 0.05) is 0 Å². The van der Waals surface area contributed by atoms with E-state index in [1.807, 2.05) is 0 Å². The second-order valence-corrected chi connectivity index (χ2v) is 3.92. The zero-order chi connectivity index (χ0) is 14.0. The van der Waals surface area contributed by atoms with Crippen LogP contribution in [-0.2, 0) is 6.18 Å². The maximum Gasteiger partial charge on any atom is 0.417 e. The summed E-state index contributed by atoms with van der Waals surface area (Å²) >= 11 is 0. The molecule has 2 nitrogen and oxygen atoms in total. The van der Waals surface area contributed by atoms with Gasteiger partial charge >= 0.3 is 6.18 Å². The summed E-state index contributed by atoms with van der Waals surface area (Å²) in [6.07, 6.45) is -4.49. The smallest absolute Gasteiger partial charge is 0.417 e. The molecule has 96 valence electrons. The molecule has 0 bridgehead atoms. The van der Waals surface area contributed by atoms with Crippen molar-refractivity contribution in [3.63, 3.8) is 0 Å². The van der Waals surface area contributed by atoms with E-state index in [4.69, 9.17) is 5.26 Å². The Kier molecular flexibility index (Phi) is 3.17. The second kappa shape index (κ2) is 4.65. The first-order valence-corrected chi connectivity index (χ1v) is 5.32. The van der Waals surface area contributed by atoms with E-state index in [2.05, 4.69) is 0 Å². The van der Waals surface area contributed by atoms with Gasteiger partial charge in [-0.25, -0.2) is 0 Å². The van der Waals surface area contributed by atoms with Crippen molar-refractivity contribution in [3.8, 4) is 22.9 Å². The van der Waals surface area contributed by atoms with E-state index >= 15 is 0 Å². The minimum absolute atomic E-state index is 0.0672. The quantitative estimate of drug-likeness (QED) is 0.846. The van der Waals surface area contributed by atoms with Crippen molar-refractivity contribution < 1.29 is 18.3 Å². The zero-order valence-corrected chi connectivity index (χ0v) is 9.57. The lowest BCUT2D eigenvalue weighted by Gasteiger charge is -2.13. The van der Waals surface area contributed by atoms with Gasteiger partial charge in [-0.05, 0) is 35.4 Å². The Morgan fingerprint density at radius 3 is 2.37 bits per heavy atom. The molecule has 5 heteroatoms. The van der Waals surface area contributed by atoms with Gasteiger partial charge < -0.3 is 5.11 Å². The first-order valence-electron chi connectivity index (χ1n) is 5.32. The van der Waals surface area contributed by atoms with Gasteiger partial charge in [0.15, 0.2) is 0 Å². The third kappa shape index (κ3) is 2.68. The van der Waals surface area contributed by atoms with Crippen molar-refractivity contribution in [2.45, 2.75) is 6.18 Å². The molecule has 0 aliphatic rings. The number of nitriles is 1. The largest absolute Gasteiger partial charge is 0.508 e. The van der Waals surface area contributed by atoms with E-state index in [-0.39, 0.29) is 22.4 Å². The van der Waals surface area contributed by atoms with E-state index in [1.165, 1.54) is 36.4 Å². The number of rotatable bonds is 1. The summed E-state index contributed by atoms with van der Waals surface area (Å²) in [5, 5.41) is 18.2. The maximum absolute atomic E-state index is 12.9. The van der Waals surface area contributed by atoms with Crippen LogP contribution in [0.3, 0.4) is 0 Å². The zero-order valence-electron chi connectivity index (χ0n) is 9.57. The summed E-state index contributed by atoms with van der Waals surface area (Å²) in [7, 11) is 0. The molecule has 0 aromatic heterocycles. The van der Waals surface area contributed by atoms with Gasteiger partial charge in [0.25, 0.3) is 0 Å². The van der Waals surface area contributed by atoms with Crippen LogP contribution >= 0.6 is 0 Å². The Morgan fingerprint density at radius 2 is 1.74 bits per heavy atom. The topological polar surface area (TPSA) is 44.0 Å². The lowest BCUT2D eigenvalue weighted by molar-refractivity contribution is -0.137. The third-order valence-electron chi connectivity index (χ3n) is 2.59. The fourth-order valence-corrected chi connectivity index (χ4v) is 1.81. The molecule has 0 spiro atoms. The molecular weight excluding hydrogens is 255 g/mol. The van der Waals surface area contributed by atoms with Gasteiger partial charge in [0.1, 0.15) is 5.75 Å². The third-order valence-corrected chi connectivity index (χ3v) is 2.59. The van der Waals surface area contributed by atoms with E-state index in [9.17, 15) is 18.3 Å². The molecule has 2 aromatic rings. The average Bonchev–Trinajstić information content (AvgIpc) is 2.37. The number of aromatic hydroxyl groups is 1. The van der Waals surface area contributed by atoms with Gasteiger partial charge in [-0.3, -0.25) is 0 Å². The van der Waals surface area contributed by atoms with E-state index in [0.717, 1.165) is 6.07 Å². The van der Waals surface area contributed by atoms with E-state index in [1.54, 1.807) is 6.07 Å². The number of alkyl halides is 3. The number of hydrogen-bond donors (Lipinski definition) is 1. The van der Waals surface area contributed by atoms with E-state index < -0.39 is 11.7 Å². The molecule has 0 atom stereocenters. The highest BCUT2D eigenvalue weighted by molar-refractivity contribution is 5.71. The predicted molar refractivity (Wildman–Crippen MR) is 63.3 cm³/mol. The molecule has 19 heavy (non-hydrogen) atoms. The number of nitrogens with zero attached hydrogens (tertiary/aromatic N) is 1. The van der Waals surface area contributed by atoms with Crippen LogP contribution in [0.4, 0.5) is 13.2 Å². The fourth-order valence-electron chi connectivity index (χ4n) is 1.81. The first kappa shape index (κ1) is 13.0. The fraction of sp³-hybridized carbons (Fsp3) is 0.0714.